The molecule has 2 heterocycles. The van der Waals surface area contributed by atoms with E-state index in [0.717, 1.165) is 0 Å². The second-order valence-electron chi connectivity index (χ2n) is 7.01. The Hall–Kier alpha value is -3.75. The van der Waals surface area contributed by atoms with Crippen LogP contribution >= 0.6 is 0 Å². The van der Waals surface area contributed by atoms with Gasteiger partial charge >= 0.3 is 5.97 Å². The minimum Gasteiger partial charge on any atom is -0.455 e. The summed E-state index contributed by atoms with van der Waals surface area (Å²) in [5.41, 5.74) is 1.11. The van der Waals surface area contributed by atoms with Crippen molar-refractivity contribution in [1.29, 1.82) is 0 Å². The molecule has 0 bridgehead atoms. The maximum absolute atomic E-state index is 14.0. The van der Waals surface area contributed by atoms with Crippen LogP contribution in [0.1, 0.15) is 6.42 Å². The van der Waals surface area contributed by atoms with Crippen LogP contribution in [0, 0.1) is 11.7 Å². The summed E-state index contributed by atoms with van der Waals surface area (Å²) in [7, 11) is 0. The van der Waals surface area contributed by atoms with Gasteiger partial charge < -0.3 is 15.0 Å². The van der Waals surface area contributed by atoms with Crippen LogP contribution in [-0.2, 0) is 23.9 Å². The molecule has 2 aromatic rings. The van der Waals surface area contributed by atoms with Crippen LogP contribution in [0.25, 0.3) is 0 Å². The molecule has 2 aliphatic heterocycles. The number of rotatable bonds is 4. The number of carbonyl (C=O) groups is 4. The van der Waals surface area contributed by atoms with Gasteiger partial charge in [-0.05, 0) is 24.3 Å². The van der Waals surface area contributed by atoms with Gasteiger partial charge in [0.1, 0.15) is 12.4 Å². The number of ether oxygens (including phenoxy) is 1. The standard InChI is InChI=1S/C21H18FN3O5/c22-14-5-1-3-7-16(14)24-10-13(9-19(24)27)21(29)30-12-20(28)25-11-18(26)23-15-6-2-4-8-17(15)25/h1-8,13H,9-12H2,(H,23,26)/t13-/m0/s1. The van der Waals surface area contributed by atoms with Gasteiger partial charge in [0.15, 0.2) is 6.61 Å². The van der Waals surface area contributed by atoms with Crippen LogP contribution in [0.3, 0.4) is 0 Å². The van der Waals surface area contributed by atoms with E-state index in [4.69, 9.17) is 4.74 Å². The van der Waals surface area contributed by atoms with E-state index in [0.29, 0.717) is 11.4 Å². The zero-order valence-corrected chi connectivity index (χ0v) is 15.8. The first-order valence-electron chi connectivity index (χ1n) is 9.35. The van der Waals surface area contributed by atoms with E-state index in [1.807, 2.05) is 0 Å². The number of halogens is 1. The van der Waals surface area contributed by atoms with Crippen LogP contribution in [-0.4, -0.2) is 43.4 Å². The molecule has 0 unspecified atom stereocenters. The van der Waals surface area contributed by atoms with Gasteiger partial charge in [-0.2, -0.15) is 0 Å². The highest BCUT2D eigenvalue weighted by atomic mass is 19.1. The quantitative estimate of drug-likeness (QED) is 0.773. The van der Waals surface area contributed by atoms with E-state index in [1.165, 1.54) is 28.0 Å². The van der Waals surface area contributed by atoms with Gasteiger partial charge in [-0.1, -0.05) is 24.3 Å². The Labute approximate surface area is 171 Å². The molecular weight excluding hydrogens is 393 g/mol. The van der Waals surface area contributed by atoms with Crippen LogP contribution in [0.15, 0.2) is 48.5 Å². The average Bonchev–Trinajstić information content (AvgIpc) is 3.13. The molecule has 4 rings (SSSR count). The van der Waals surface area contributed by atoms with Crippen molar-refractivity contribution in [2.45, 2.75) is 6.42 Å². The molecule has 1 N–H and O–H groups in total. The minimum atomic E-state index is -0.804. The number of anilines is 3. The first-order chi connectivity index (χ1) is 14.4. The van der Waals surface area contributed by atoms with Gasteiger partial charge in [0.2, 0.25) is 11.8 Å². The Morgan fingerprint density at radius 3 is 2.53 bits per heavy atom. The predicted octanol–water partition coefficient (Wildman–Crippen LogP) is 1.71. The summed E-state index contributed by atoms with van der Waals surface area (Å²) in [4.78, 5) is 51.5. The third kappa shape index (κ3) is 3.73. The smallest absolute Gasteiger partial charge is 0.311 e. The Morgan fingerprint density at radius 2 is 1.77 bits per heavy atom. The molecule has 3 amide bonds. The van der Waals surface area contributed by atoms with E-state index >= 15 is 0 Å². The maximum Gasteiger partial charge on any atom is 0.311 e. The largest absolute Gasteiger partial charge is 0.455 e. The summed E-state index contributed by atoms with van der Waals surface area (Å²) in [6, 6.07) is 12.6. The maximum atomic E-state index is 14.0. The molecule has 0 aromatic heterocycles. The first kappa shape index (κ1) is 19.6. The topological polar surface area (TPSA) is 96.0 Å². The molecule has 0 aliphatic carbocycles. The molecular formula is C21H18FN3O5. The predicted molar refractivity (Wildman–Crippen MR) is 105 cm³/mol. The SMILES string of the molecule is O=C1CN(C(=O)COC(=O)[C@H]2CC(=O)N(c3ccccc3F)C2)c2ccccc2N1. The van der Waals surface area contributed by atoms with Crippen molar-refractivity contribution in [3.63, 3.8) is 0 Å². The third-order valence-corrected chi connectivity index (χ3v) is 5.01. The van der Waals surface area contributed by atoms with Crippen LogP contribution in [0.5, 0.6) is 0 Å². The molecule has 30 heavy (non-hydrogen) atoms. The van der Waals surface area contributed by atoms with Gasteiger partial charge in [0.25, 0.3) is 5.91 Å². The molecule has 0 spiro atoms. The number of hydrogen-bond acceptors (Lipinski definition) is 5. The summed E-state index contributed by atoms with van der Waals surface area (Å²) in [5.74, 6) is -3.38. The Balaban J connectivity index is 1.39. The highest BCUT2D eigenvalue weighted by Gasteiger charge is 2.37. The molecule has 2 aliphatic rings. The van der Waals surface area contributed by atoms with Crippen LogP contribution < -0.4 is 15.1 Å². The van der Waals surface area contributed by atoms with Crippen molar-refractivity contribution in [1.82, 2.24) is 0 Å². The lowest BCUT2D eigenvalue weighted by Gasteiger charge is -2.29. The van der Waals surface area contributed by atoms with Gasteiger partial charge in [-0.15, -0.1) is 0 Å². The fourth-order valence-corrected chi connectivity index (χ4v) is 3.55. The minimum absolute atomic E-state index is 0.0260. The first-order valence-corrected chi connectivity index (χ1v) is 9.35. The van der Waals surface area contributed by atoms with E-state index in [1.54, 1.807) is 30.3 Å². The van der Waals surface area contributed by atoms with E-state index in [-0.39, 0.29) is 31.1 Å². The van der Waals surface area contributed by atoms with E-state index in [9.17, 15) is 23.6 Å². The van der Waals surface area contributed by atoms with Crippen molar-refractivity contribution in [3.8, 4) is 0 Å². The normalized spacial score (nSPS) is 18.1. The molecule has 2 aromatic carbocycles. The Morgan fingerprint density at radius 1 is 1.07 bits per heavy atom. The molecule has 8 nitrogen and oxygen atoms in total. The van der Waals surface area contributed by atoms with Crippen LogP contribution in [0.4, 0.5) is 21.5 Å². The molecule has 1 fully saturated rings. The van der Waals surface area contributed by atoms with Crippen molar-refractivity contribution in [2.24, 2.45) is 5.92 Å². The molecule has 9 heteroatoms. The number of nitrogens with zero attached hydrogens (tertiary/aromatic N) is 2. The molecule has 1 saturated heterocycles. The van der Waals surface area contributed by atoms with Gasteiger partial charge in [0.05, 0.1) is 23.0 Å². The van der Waals surface area contributed by atoms with Gasteiger partial charge in [-0.3, -0.25) is 24.1 Å². The number of para-hydroxylation sites is 3. The lowest BCUT2D eigenvalue weighted by molar-refractivity contribution is -0.151. The number of fused-ring (bicyclic) bond motifs is 1. The highest BCUT2D eigenvalue weighted by Crippen LogP contribution is 2.30. The third-order valence-electron chi connectivity index (χ3n) is 5.01. The summed E-state index contributed by atoms with van der Waals surface area (Å²) in [5, 5.41) is 2.67. The summed E-state index contributed by atoms with van der Waals surface area (Å²) in [6.45, 7) is -0.775. The fraction of sp³-hybridized carbons (Fsp3) is 0.238. The summed E-state index contributed by atoms with van der Waals surface area (Å²) >= 11 is 0. The Bertz CT molecular complexity index is 1040. The average molecular weight is 411 g/mol. The molecule has 0 radical (unpaired) electrons. The fourth-order valence-electron chi connectivity index (χ4n) is 3.55. The number of esters is 1. The van der Waals surface area contributed by atoms with Gasteiger partial charge in [-0.25, -0.2) is 4.39 Å². The number of nitrogens with one attached hydrogen (secondary N) is 1. The summed E-state index contributed by atoms with van der Waals surface area (Å²) in [6.07, 6.45) is -0.129. The number of carbonyl (C=O) groups excluding carboxylic acids is 4. The summed E-state index contributed by atoms with van der Waals surface area (Å²) < 4.78 is 19.1. The van der Waals surface area contributed by atoms with Crippen molar-refractivity contribution >= 4 is 40.8 Å². The number of benzene rings is 2. The Kier molecular flexibility index (Phi) is 5.18. The second-order valence-corrected chi connectivity index (χ2v) is 7.01. The van der Waals surface area contributed by atoms with Crippen molar-refractivity contribution in [2.75, 3.05) is 34.8 Å². The second kappa shape index (κ2) is 7.94. The number of hydrogen-bond donors (Lipinski definition) is 1. The van der Waals surface area contributed by atoms with E-state index < -0.39 is 36.1 Å². The lowest BCUT2D eigenvalue weighted by Crippen LogP contribution is -2.44. The zero-order chi connectivity index (χ0) is 21.3. The molecule has 1 atom stereocenters. The number of amides is 3. The molecule has 0 saturated carbocycles. The lowest BCUT2D eigenvalue weighted by atomic mass is 10.1. The van der Waals surface area contributed by atoms with Crippen molar-refractivity contribution in [3.05, 3.63) is 54.3 Å². The molecule has 154 valence electrons. The monoisotopic (exact) mass is 411 g/mol. The zero-order valence-electron chi connectivity index (χ0n) is 15.8. The van der Waals surface area contributed by atoms with Gasteiger partial charge in [0, 0.05) is 13.0 Å². The van der Waals surface area contributed by atoms with Crippen LogP contribution in [0.2, 0.25) is 0 Å². The highest BCUT2D eigenvalue weighted by molar-refractivity contribution is 6.10. The van der Waals surface area contributed by atoms with E-state index in [2.05, 4.69) is 5.32 Å². The van der Waals surface area contributed by atoms with Crippen molar-refractivity contribution < 1.29 is 28.3 Å².